The van der Waals surface area contributed by atoms with Gasteiger partial charge in [0.25, 0.3) is 17.9 Å². The number of aliphatic carboxylic acids is 1. The van der Waals surface area contributed by atoms with Gasteiger partial charge in [0.1, 0.15) is 29.9 Å². The van der Waals surface area contributed by atoms with E-state index >= 15 is 0 Å². The molecule has 1 aliphatic carbocycles. The molecule has 3 fully saturated rings. The van der Waals surface area contributed by atoms with Crippen LogP contribution < -0.4 is 26.4 Å². The second-order valence-corrected chi connectivity index (χ2v) is 15.5. The van der Waals surface area contributed by atoms with Crippen LogP contribution in [-0.2, 0) is 33.9 Å². The Bertz CT molecular complexity index is 1990. The van der Waals surface area contributed by atoms with Crippen LogP contribution in [0.4, 0.5) is 10.9 Å². The Balaban J connectivity index is 1.10. The van der Waals surface area contributed by atoms with E-state index < -0.39 is 58.2 Å². The van der Waals surface area contributed by atoms with E-state index in [4.69, 9.17) is 30.6 Å². The fourth-order valence-electron chi connectivity index (χ4n) is 6.94. The number of ether oxygens (including phenoxy) is 1. The molecule has 0 unspecified atom stereocenters. The van der Waals surface area contributed by atoms with Gasteiger partial charge in [0.2, 0.25) is 0 Å². The summed E-state index contributed by atoms with van der Waals surface area (Å²) in [6.07, 6.45) is 4.22. The van der Waals surface area contributed by atoms with Crippen molar-refractivity contribution in [3.8, 4) is 5.75 Å². The van der Waals surface area contributed by atoms with Crippen LogP contribution in [-0.4, -0.2) is 101 Å². The van der Waals surface area contributed by atoms with E-state index in [9.17, 15) is 27.9 Å². The molecule has 0 spiro atoms. The summed E-state index contributed by atoms with van der Waals surface area (Å²) in [6.45, 7) is 4.84. The summed E-state index contributed by atoms with van der Waals surface area (Å²) >= 11 is 0.966. The summed E-state index contributed by atoms with van der Waals surface area (Å²) < 4.78 is 41.3. The first-order valence-corrected chi connectivity index (χ1v) is 18.8. The molecule has 280 valence electrons. The van der Waals surface area contributed by atoms with Crippen molar-refractivity contribution in [2.24, 2.45) is 22.2 Å². The molecule has 52 heavy (non-hydrogen) atoms. The summed E-state index contributed by atoms with van der Waals surface area (Å²) in [6, 6.07) is 7.75. The monoisotopic (exact) mass is 760 g/mol. The number of hydrogen-bond donors (Lipinski definition) is 5. The largest absolute Gasteiger partial charge is 0.489 e. The minimum atomic E-state index is -5.02. The summed E-state index contributed by atoms with van der Waals surface area (Å²) in [5.41, 5.74) is 10.9. The van der Waals surface area contributed by atoms with Crippen LogP contribution in [0.5, 0.6) is 5.75 Å². The van der Waals surface area contributed by atoms with Gasteiger partial charge in [-0.25, -0.2) is 14.8 Å². The van der Waals surface area contributed by atoms with Gasteiger partial charge in [0.15, 0.2) is 10.8 Å². The highest BCUT2D eigenvalue weighted by atomic mass is 32.3. The fraction of sp³-hybridized carbons (Fsp3) is 0.500. The fourth-order valence-corrected chi connectivity index (χ4v) is 7.95. The number of β-lactam (4-membered cyclic amide) rings is 1. The number of fused-ring (bicyclic) bond motifs is 1. The highest BCUT2D eigenvalue weighted by Crippen LogP contribution is 2.50. The summed E-state index contributed by atoms with van der Waals surface area (Å²) in [5, 5.41) is 18.6. The number of oxime groups is 1. The van der Waals surface area contributed by atoms with Crippen LogP contribution >= 0.6 is 11.3 Å². The van der Waals surface area contributed by atoms with Crippen molar-refractivity contribution in [2.45, 2.75) is 63.6 Å². The first-order valence-electron chi connectivity index (χ1n) is 16.6. The zero-order chi connectivity index (χ0) is 37.4. The summed E-state index contributed by atoms with van der Waals surface area (Å²) in [5.74, 6) is -1.56. The molecular formula is C32H40N8O10S2. The smallest absolute Gasteiger partial charge is 0.418 e. The molecule has 0 bridgehead atoms. The third kappa shape index (κ3) is 7.61. The number of carboxylic acids is 1. The number of nitrogens with zero attached hydrogens (tertiary/aromatic N) is 5. The third-order valence-electron chi connectivity index (χ3n) is 10.1. The average Bonchev–Trinajstić information content (AvgIpc) is 3.52. The van der Waals surface area contributed by atoms with E-state index in [2.05, 4.69) is 24.6 Å². The number of hydroxylamine groups is 2. The molecule has 2 saturated heterocycles. The molecule has 3 aliphatic rings. The van der Waals surface area contributed by atoms with Gasteiger partial charge in [-0.15, -0.1) is 15.6 Å². The highest BCUT2D eigenvalue weighted by Gasteiger charge is 2.58. The normalized spacial score (nSPS) is 20.9. The van der Waals surface area contributed by atoms with Crippen molar-refractivity contribution < 1.29 is 46.3 Å². The van der Waals surface area contributed by atoms with Crippen molar-refractivity contribution in [1.29, 1.82) is 0 Å². The van der Waals surface area contributed by atoms with Gasteiger partial charge < -0.3 is 36.4 Å². The molecule has 2 aromatic heterocycles. The van der Waals surface area contributed by atoms with Gasteiger partial charge in [-0.3, -0.25) is 14.1 Å². The number of anilines is 2. The summed E-state index contributed by atoms with van der Waals surface area (Å²) in [4.78, 5) is 54.4. The lowest BCUT2D eigenvalue weighted by molar-refractivity contribution is -0.218. The first-order chi connectivity index (χ1) is 24.6. The second kappa shape index (κ2) is 14.4. The Morgan fingerprint density at radius 2 is 1.90 bits per heavy atom. The quantitative estimate of drug-likeness (QED) is 0.0678. The van der Waals surface area contributed by atoms with E-state index in [-0.39, 0.29) is 10.8 Å². The maximum absolute atomic E-state index is 13.3. The van der Waals surface area contributed by atoms with E-state index in [1.54, 1.807) is 18.2 Å². The Morgan fingerprint density at radius 1 is 1.17 bits per heavy atom. The number of nitrogens with two attached hydrogens (primary N) is 2. The van der Waals surface area contributed by atoms with E-state index in [1.807, 2.05) is 12.1 Å². The number of nitrogen functional groups attached to an aromatic ring is 1. The molecule has 2 aliphatic heterocycles. The minimum Gasteiger partial charge on any atom is -0.489 e. The zero-order valence-corrected chi connectivity index (χ0v) is 30.1. The number of rotatable bonds is 14. The van der Waals surface area contributed by atoms with E-state index in [0.717, 1.165) is 60.5 Å². The van der Waals surface area contributed by atoms with Gasteiger partial charge in [-0.2, -0.15) is 13.5 Å². The number of aromatic nitrogens is 2. The van der Waals surface area contributed by atoms with Crippen molar-refractivity contribution in [3.05, 3.63) is 41.4 Å². The average molecular weight is 761 g/mol. The predicted molar refractivity (Wildman–Crippen MR) is 189 cm³/mol. The molecule has 18 nitrogen and oxygen atoms in total. The van der Waals surface area contributed by atoms with E-state index in [0.29, 0.717) is 22.1 Å². The van der Waals surface area contributed by atoms with Gasteiger partial charge in [-0.1, -0.05) is 11.6 Å². The summed E-state index contributed by atoms with van der Waals surface area (Å²) in [7, 11) is -5.02. The molecule has 3 aromatic rings. The molecule has 2 amide bonds. The number of carbonyl (C=O) groups excluding carboxylic acids is 2. The number of piperidine rings is 1. The lowest BCUT2D eigenvalue weighted by atomic mass is 9.59. The number of hydrogen-bond acceptors (Lipinski definition) is 15. The minimum absolute atomic E-state index is 0.0632. The maximum Gasteiger partial charge on any atom is 0.418 e. The molecule has 7 N–H and O–H groups in total. The predicted octanol–water partition coefficient (Wildman–Crippen LogP) is 1.71. The number of thiazole rings is 1. The molecule has 0 radical (unpaired) electrons. The van der Waals surface area contributed by atoms with Gasteiger partial charge >= 0.3 is 16.4 Å². The van der Waals surface area contributed by atoms with Crippen LogP contribution in [0.1, 0.15) is 51.6 Å². The van der Waals surface area contributed by atoms with Crippen molar-refractivity contribution in [3.63, 3.8) is 0 Å². The second-order valence-electron chi connectivity index (χ2n) is 13.7. The van der Waals surface area contributed by atoms with E-state index in [1.165, 1.54) is 38.5 Å². The Kier molecular flexibility index (Phi) is 10.3. The van der Waals surface area contributed by atoms with Gasteiger partial charge in [0, 0.05) is 23.9 Å². The number of carbonyl (C=O) groups is 3. The molecule has 1 aromatic carbocycles. The maximum atomic E-state index is 13.3. The third-order valence-corrected chi connectivity index (χ3v) is 11.1. The Hall–Kier alpha value is -4.63. The lowest BCUT2D eigenvalue weighted by Gasteiger charge is -2.50. The standard InChI is InChI=1S/C32H40N8O10S2/c1-31(2)26(28(42)40(31)50-52(45,46)47)37-27(41)25(22-16-51-30(34)36-22)38-49-23(29(43)44)15-48-20-5-6-21-18(14-20)4-7-24(35-21)39-12-8-19(9-13-39)32(17-33)10-3-11-32/h4-7,14,16,19,23,26H,3,8-13,15,17,33H2,1-2H3,(H2,34,36)(H,37,41)(H,43,44)(H,45,46,47)/b38-25-/t23-,26+/m0/s1. The van der Waals surface area contributed by atoms with Crippen LogP contribution in [0.15, 0.2) is 40.9 Å². The lowest BCUT2D eigenvalue weighted by Crippen LogP contribution is -2.76. The Morgan fingerprint density at radius 3 is 2.48 bits per heavy atom. The molecule has 20 heteroatoms. The number of amides is 2. The molecular weight excluding hydrogens is 721 g/mol. The molecule has 2 atom stereocenters. The van der Waals surface area contributed by atoms with Crippen molar-refractivity contribution in [2.75, 3.05) is 36.9 Å². The van der Waals surface area contributed by atoms with Crippen LogP contribution in [0, 0.1) is 11.3 Å². The van der Waals surface area contributed by atoms with Gasteiger partial charge in [0.05, 0.1) is 11.1 Å². The number of pyridine rings is 1. The molecule has 4 heterocycles. The van der Waals surface area contributed by atoms with Crippen LogP contribution in [0.25, 0.3) is 10.9 Å². The molecule has 1 saturated carbocycles. The Labute approximate surface area is 303 Å². The SMILES string of the molecule is CC1(C)[C@H](NC(=O)/C(=N\O[C@@H](COc2ccc3nc(N4CCC(C5(CN)CCC5)CC4)ccc3c2)C(=O)O)c2csc(N)n2)C(=O)N1OS(=O)(=O)O. The van der Waals surface area contributed by atoms with Crippen molar-refractivity contribution in [1.82, 2.24) is 20.3 Å². The van der Waals surface area contributed by atoms with Crippen LogP contribution in [0.3, 0.4) is 0 Å². The number of benzene rings is 1. The highest BCUT2D eigenvalue weighted by molar-refractivity contribution is 7.80. The van der Waals surface area contributed by atoms with Gasteiger partial charge in [-0.05, 0) is 87.7 Å². The van der Waals surface area contributed by atoms with Crippen molar-refractivity contribution >= 4 is 67.1 Å². The topological polar surface area (TPSA) is 262 Å². The number of nitrogens with one attached hydrogen (secondary N) is 1. The zero-order valence-electron chi connectivity index (χ0n) is 28.4. The van der Waals surface area contributed by atoms with Crippen LogP contribution in [0.2, 0.25) is 0 Å². The first kappa shape index (κ1) is 37.1. The molecule has 6 rings (SSSR count). The number of carboxylic acid groups (broad SMARTS) is 1.